The number of fused-ring (bicyclic) bond motifs is 1. The van der Waals surface area contributed by atoms with E-state index in [1.165, 1.54) is 24.8 Å². The number of carbonyl (C=O) groups is 1. The monoisotopic (exact) mass is 383 g/mol. The van der Waals surface area contributed by atoms with Gasteiger partial charge in [0.1, 0.15) is 17.5 Å². The summed E-state index contributed by atoms with van der Waals surface area (Å²) in [5.74, 6) is -0.0102. The first-order valence-corrected chi connectivity index (χ1v) is 9.82. The molecular formula is C22H29N3O3. The van der Waals surface area contributed by atoms with Gasteiger partial charge in [-0.05, 0) is 58.6 Å². The lowest BCUT2D eigenvalue weighted by molar-refractivity contribution is 0.0697. The third-order valence-electron chi connectivity index (χ3n) is 5.40. The van der Waals surface area contributed by atoms with Gasteiger partial charge < -0.3 is 14.8 Å². The van der Waals surface area contributed by atoms with Crippen LogP contribution in [0.15, 0.2) is 28.9 Å². The summed E-state index contributed by atoms with van der Waals surface area (Å²) in [6.45, 7) is 7.95. The van der Waals surface area contributed by atoms with Gasteiger partial charge in [-0.3, -0.25) is 0 Å². The molecule has 6 nitrogen and oxygen atoms in total. The molecule has 28 heavy (non-hydrogen) atoms. The van der Waals surface area contributed by atoms with Gasteiger partial charge in [0.05, 0.1) is 5.69 Å². The average molecular weight is 383 g/mol. The Morgan fingerprint density at radius 1 is 1.36 bits per heavy atom. The number of rotatable bonds is 5. The van der Waals surface area contributed by atoms with Crippen LogP contribution in [0, 0.1) is 26.7 Å². The summed E-state index contributed by atoms with van der Waals surface area (Å²) >= 11 is 0. The number of benzene rings is 1. The van der Waals surface area contributed by atoms with Crippen LogP contribution < -0.4 is 5.32 Å². The highest BCUT2D eigenvalue weighted by Gasteiger charge is 2.28. The number of nitrogens with zero attached hydrogens (tertiary/aromatic N) is 2. The number of nitrogens with one attached hydrogen (secondary N) is 1. The van der Waals surface area contributed by atoms with Gasteiger partial charge in [0, 0.05) is 11.6 Å². The SMILES string of the molecule is CCC(NC)C1CC1.Cc1ccc(-c2coc3c(C(=O)O)c(C)nn23)c(C)c1. The fourth-order valence-corrected chi connectivity index (χ4v) is 3.74. The van der Waals surface area contributed by atoms with Crippen molar-refractivity contribution in [3.63, 3.8) is 0 Å². The van der Waals surface area contributed by atoms with Crippen molar-refractivity contribution in [3.8, 4) is 11.3 Å². The maximum Gasteiger partial charge on any atom is 0.343 e. The Morgan fingerprint density at radius 2 is 2.07 bits per heavy atom. The zero-order valence-corrected chi connectivity index (χ0v) is 17.2. The number of carboxylic acids is 1. The fraction of sp³-hybridized carbons (Fsp3) is 0.455. The van der Waals surface area contributed by atoms with Crippen LogP contribution in [-0.2, 0) is 0 Å². The second-order valence-corrected chi connectivity index (χ2v) is 7.56. The molecule has 1 atom stereocenters. The van der Waals surface area contributed by atoms with Crippen molar-refractivity contribution in [1.29, 1.82) is 0 Å². The number of hydrogen-bond acceptors (Lipinski definition) is 4. The molecule has 0 bridgehead atoms. The molecular weight excluding hydrogens is 354 g/mol. The van der Waals surface area contributed by atoms with Gasteiger partial charge in [-0.25, -0.2) is 4.79 Å². The quantitative estimate of drug-likeness (QED) is 0.672. The highest BCUT2D eigenvalue weighted by atomic mass is 16.4. The van der Waals surface area contributed by atoms with Crippen molar-refractivity contribution < 1.29 is 14.3 Å². The molecule has 1 saturated carbocycles. The number of oxazole rings is 1. The van der Waals surface area contributed by atoms with Crippen LogP contribution >= 0.6 is 0 Å². The maximum atomic E-state index is 11.2. The normalized spacial score (nSPS) is 14.6. The number of carboxylic acid groups (broad SMARTS) is 1. The number of aryl methyl sites for hydroxylation is 3. The van der Waals surface area contributed by atoms with E-state index in [1.54, 1.807) is 17.7 Å². The minimum absolute atomic E-state index is 0.112. The first-order valence-electron chi connectivity index (χ1n) is 9.82. The number of hydrogen-bond donors (Lipinski definition) is 2. The van der Waals surface area contributed by atoms with Crippen molar-refractivity contribution in [2.45, 2.75) is 53.0 Å². The minimum atomic E-state index is -1.03. The Kier molecular flexibility index (Phi) is 5.89. The molecule has 150 valence electrons. The Balaban J connectivity index is 0.000000236. The summed E-state index contributed by atoms with van der Waals surface area (Å²) in [5.41, 5.74) is 4.84. The maximum absolute atomic E-state index is 11.2. The molecule has 2 N–H and O–H groups in total. The first kappa shape index (κ1) is 20.1. The van der Waals surface area contributed by atoms with Gasteiger partial charge in [0.25, 0.3) is 0 Å². The smallest absolute Gasteiger partial charge is 0.343 e. The van der Waals surface area contributed by atoms with Crippen LogP contribution in [0.2, 0.25) is 0 Å². The van der Waals surface area contributed by atoms with Gasteiger partial charge in [-0.15, -0.1) is 0 Å². The molecule has 1 aliphatic carbocycles. The number of aromatic nitrogens is 2. The van der Waals surface area contributed by atoms with E-state index in [0.29, 0.717) is 5.69 Å². The molecule has 0 radical (unpaired) electrons. The van der Waals surface area contributed by atoms with Crippen molar-refractivity contribution in [2.24, 2.45) is 5.92 Å². The molecule has 0 amide bonds. The molecule has 2 heterocycles. The highest BCUT2D eigenvalue weighted by molar-refractivity contribution is 5.95. The average Bonchev–Trinajstić information content (AvgIpc) is 3.31. The fourth-order valence-electron chi connectivity index (χ4n) is 3.74. The van der Waals surface area contributed by atoms with Crippen molar-refractivity contribution in [1.82, 2.24) is 14.9 Å². The van der Waals surface area contributed by atoms with Crippen LogP contribution in [0.5, 0.6) is 0 Å². The molecule has 4 rings (SSSR count). The lowest BCUT2D eigenvalue weighted by Crippen LogP contribution is -2.25. The van der Waals surface area contributed by atoms with Crippen LogP contribution in [0.1, 0.15) is 53.4 Å². The molecule has 0 aliphatic heterocycles. The van der Waals surface area contributed by atoms with E-state index in [-0.39, 0.29) is 11.3 Å². The summed E-state index contributed by atoms with van der Waals surface area (Å²) in [6, 6.07) is 6.89. The predicted octanol–water partition coefficient (Wildman–Crippen LogP) is 4.61. The number of aromatic carboxylic acids is 1. The molecule has 0 saturated heterocycles. The van der Waals surface area contributed by atoms with E-state index in [2.05, 4.69) is 30.5 Å². The van der Waals surface area contributed by atoms with Gasteiger partial charge in [-0.2, -0.15) is 9.61 Å². The first-order chi connectivity index (χ1) is 13.4. The Morgan fingerprint density at radius 3 is 2.57 bits per heavy atom. The third kappa shape index (κ3) is 3.97. The minimum Gasteiger partial charge on any atom is -0.477 e. The molecule has 1 fully saturated rings. The van der Waals surface area contributed by atoms with Gasteiger partial charge in [-0.1, -0.05) is 30.7 Å². The second-order valence-electron chi connectivity index (χ2n) is 7.56. The van der Waals surface area contributed by atoms with Crippen molar-refractivity contribution in [2.75, 3.05) is 7.05 Å². The van der Waals surface area contributed by atoms with Gasteiger partial charge in [0.15, 0.2) is 0 Å². The van der Waals surface area contributed by atoms with E-state index in [9.17, 15) is 9.90 Å². The summed E-state index contributed by atoms with van der Waals surface area (Å²) < 4.78 is 6.97. The summed E-state index contributed by atoms with van der Waals surface area (Å²) in [4.78, 5) is 11.2. The Labute approximate surface area is 165 Å². The molecule has 1 aromatic carbocycles. The van der Waals surface area contributed by atoms with Gasteiger partial charge >= 0.3 is 5.97 Å². The van der Waals surface area contributed by atoms with Crippen LogP contribution in [0.25, 0.3) is 17.0 Å². The van der Waals surface area contributed by atoms with Crippen LogP contribution in [-0.4, -0.2) is 33.8 Å². The summed E-state index contributed by atoms with van der Waals surface area (Å²) in [5, 5.41) is 16.8. The highest BCUT2D eigenvalue weighted by Crippen LogP contribution is 2.33. The van der Waals surface area contributed by atoms with E-state index in [4.69, 9.17) is 4.42 Å². The van der Waals surface area contributed by atoms with E-state index < -0.39 is 5.97 Å². The lowest BCUT2D eigenvalue weighted by Gasteiger charge is -2.10. The second kappa shape index (κ2) is 8.19. The van der Waals surface area contributed by atoms with Crippen LogP contribution in [0.4, 0.5) is 0 Å². The molecule has 6 heteroatoms. The van der Waals surface area contributed by atoms with E-state index >= 15 is 0 Å². The zero-order chi connectivity index (χ0) is 20.4. The molecule has 2 aromatic heterocycles. The standard InChI is InChI=1S/C15H14N2O3.C7H15N/c1-8-4-5-11(9(2)6-8)12-7-20-14-13(15(18)19)10(3)16-17(12)14;1-3-7(8-2)6-4-5-6/h4-7H,1-3H3,(H,18,19);6-8H,3-5H2,1-2H3. The Hall–Kier alpha value is -2.60. The van der Waals surface area contributed by atoms with Gasteiger partial charge in [0.2, 0.25) is 5.71 Å². The molecule has 3 aromatic rings. The predicted molar refractivity (Wildman–Crippen MR) is 110 cm³/mol. The molecule has 0 spiro atoms. The largest absolute Gasteiger partial charge is 0.477 e. The summed E-state index contributed by atoms with van der Waals surface area (Å²) in [6.07, 6.45) is 5.76. The topological polar surface area (TPSA) is 79.8 Å². The summed E-state index contributed by atoms with van der Waals surface area (Å²) in [7, 11) is 2.06. The van der Waals surface area contributed by atoms with E-state index in [0.717, 1.165) is 28.8 Å². The molecule has 1 unspecified atom stereocenters. The molecule has 1 aliphatic rings. The Bertz CT molecular complexity index is 978. The van der Waals surface area contributed by atoms with E-state index in [1.807, 2.05) is 26.0 Å². The third-order valence-corrected chi connectivity index (χ3v) is 5.40. The zero-order valence-electron chi connectivity index (χ0n) is 17.2. The lowest BCUT2D eigenvalue weighted by atomic mass is 10.0. The van der Waals surface area contributed by atoms with Crippen molar-refractivity contribution >= 4 is 11.7 Å². The van der Waals surface area contributed by atoms with Crippen LogP contribution in [0.3, 0.4) is 0 Å². The van der Waals surface area contributed by atoms with Crippen molar-refractivity contribution in [3.05, 3.63) is 46.8 Å².